The molecule has 0 radical (unpaired) electrons. The quantitative estimate of drug-likeness (QED) is 0.186. The zero-order chi connectivity index (χ0) is 33.5. The highest BCUT2D eigenvalue weighted by Crippen LogP contribution is 2.40. The molecular weight excluding hydrogens is 647 g/mol. The molecule has 6 heteroatoms. The Balaban J connectivity index is 1.13. The number of hydrogen-bond acceptors (Lipinski definition) is 6. The van der Waals surface area contributed by atoms with Crippen LogP contribution in [0.1, 0.15) is 0 Å². The van der Waals surface area contributed by atoms with Crippen molar-refractivity contribution in [3.05, 3.63) is 152 Å². The number of benzene rings is 7. The zero-order valence-electron chi connectivity index (χ0n) is 27.0. The Morgan fingerprint density at radius 2 is 0.941 bits per heavy atom. The van der Waals surface area contributed by atoms with Crippen molar-refractivity contribution < 1.29 is 8.83 Å². The molecule has 11 rings (SSSR count). The number of rotatable bonds is 4. The Bertz CT molecular complexity index is 3160. The maximum absolute atomic E-state index is 6.36. The second kappa shape index (κ2) is 10.9. The summed E-state index contributed by atoms with van der Waals surface area (Å²) >= 11 is 1.80. The van der Waals surface area contributed by atoms with E-state index in [1.807, 2.05) is 54.6 Å². The molecule has 0 atom stereocenters. The first-order valence-electron chi connectivity index (χ1n) is 16.8. The van der Waals surface area contributed by atoms with E-state index in [0.29, 0.717) is 17.5 Å². The Morgan fingerprint density at radius 1 is 0.353 bits per heavy atom. The van der Waals surface area contributed by atoms with Crippen molar-refractivity contribution in [2.24, 2.45) is 0 Å². The van der Waals surface area contributed by atoms with Crippen molar-refractivity contribution in [3.63, 3.8) is 0 Å². The molecule has 4 aromatic heterocycles. The third kappa shape index (κ3) is 4.50. The molecule has 0 unspecified atom stereocenters. The van der Waals surface area contributed by atoms with Gasteiger partial charge in [-0.15, -0.1) is 11.3 Å². The van der Waals surface area contributed by atoms with Crippen LogP contribution in [0.25, 0.3) is 109 Å². The lowest BCUT2D eigenvalue weighted by molar-refractivity contribution is 0.668. The molecule has 0 saturated heterocycles. The summed E-state index contributed by atoms with van der Waals surface area (Å²) in [6, 6.07) is 52.2. The zero-order valence-corrected chi connectivity index (χ0v) is 27.8. The molecule has 0 N–H and O–H groups in total. The molecule has 51 heavy (non-hydrogen) atoms. The molecule has 7 aromatic carbocycles. The molecule has 0 aliphatic heterocycles. The Morgan fingerprint density at radius 3 is 1.78 bits per heavy atom. The molecule has 0 aliphatic rings. The van der Waals surface area contributed by atoms with Crippen LogP contribution in [-0.2, 0) is 0 Å². The number of para-hydroxylation sites is 1. The highest BCUT2D eigenvalue weighted by molar-refractivity contribution is 7.25. The molecule has 0 fully saturated rings. The Hall–Kier alpha value is -6.63. The van der Waals surface area contributed by atoms with Crippen LogP contribution in [0.2, 0.25) is 0 Å². The monoisotopic (exact) mass is 671 g/mol. The minimum Gasteiger partial charge on any atom is -0.456 e. The number of aromatic nitrogens is 3. The summed E-state index contributed by atoms with van der Waals surface area (Å²) in [5.74, 6) is 1.78. The lowest BCUT2D eigenvalue weighted by atomic mass is 9.99. The molecule has 0 saturated carbocycles. The first-order valence-corrected chi connectivity index (χ1v) is 17.7. The first kappa shape index (κ1) is 28.2. The lowest BCUT2D eigenvalue weighted by Crippen LogP contribution is -2.00. The highest BCUT2D eigenvalue weighted by atomic mass is 32.1. The van der Waals surface area contributed by atoms with E-state index in [-0.39, 0.29) is 0 Å². The van der Waals surface area contributed by atoms with Crippen LogP contribution in [0.15, 0.2) is 160 Å². The van der Waals surface area contributed by atoms with Crippen LogP contribution in [0.5, 0.6) is 0 Å². The summed E-state index contributed by atoms with van der Waals surface area (Å²) in [4.78, 5) is 15.4. The van der Waals surface area contributed by atoms with Gasteiger partial charge >= 0.3 is 0 Å². The minimum atomic E-state index is 0.578. The number of furan rings is 2. The largest absolute Gasteiger partial charge is 0.456 e. The maximum Gasteiger partial charge on any atom is 0.164 e. The highest BCUT2D eigenvalue weighted by Gasteiger charge is 2.18. The van der Waals surface area contributed by atoms with Gasteiger partial charge in [-0.2, -0.15) is 0 Å². The SMILES string of the molecule is c1ccc(-c2cccc3oc4ccc(-c5nc(-c6ccc7c(c6)oc6ccccc67)nc(-c6ccc7sc8ccccc8c7c6)n5)cc4c23)cc1. The fraction of sp³-hybridized carbons (Fsp3) is 0. The van der Waals surface area contributed by atoms with E-state index >= 15 is 0 Å². The standard InChI is InChI=1S/C45H25N3O2S/c1-2-9-26(10-3-1)30-13-8-15-38-42(30)35-24-27(18-21-37(35)49-38)43-46-44(28-19-22-41-34(23-28)33-12-5-7-16-40(33)51-41)48-45(47-43)29-17-20-32-31-11-4-6-14-36(31)50-39(32)25-29/h1-25H. The van der Waals surface area contributed by atoms with Crippen molar-refractivity contribution in [1.29, 1.82) is 0 Å². The van der Waals surface area contributed by atoms with Crippen molar-refractivity contribution in [1.82, 2.24) is 15.0 Å². The third-order valence-corrected chi connectivity index (χ3v) is 10.9. The van der Waals surface area contributed by atoms with Gasteiger partial charge in [0, 0.05) is 58.4 Å². The number of fused-ring (bicyclic) bond motifs is 9. The summed E-state index contributed by atoms with van der Waals surface area (Å²) in [5.41, 5.74) is 8.24. The maximum atomic E-state index is 6.36. The van der Waals surface area contributed by atoms with Crippen LogP contribution in [0.3, 0.4) is 0 Å². The van der Waals surface area contributed by atoms with Gasteiger partial charge in [-0.1, -0.05) is 84.9 Å². The van der Waals surface area contributed by atoms with E-state index in [2.05, 4.69) is 97.1 Å². The number of nitrogens with zero attached hydrogens (tertiary/aromatic N) is 3. The second-order valence-electron chi connectivity index (χ2n) is 12.8. The van der Waals surface area contributed by atoms with Crippen LogP contribution < -0.4 is 0 Å². The van der Waals surface area contributed by atoms with E-state index in [0.717, 1.165) is 71.7 Å². The first-order chi connectivity index (χ1) is 25.2. The van der Waals surface area contributed by atoms with Crippen LogP contribution in [-0.4, -0.2) is 15.0 Å². The molecule has 0 amide bonds. The van der Waals surface area contributed by atoms with Crippen LogP contribution in [0.4, 0.5) is 0 Å². The fourth-order valence-electron chi connectivity index (χ4n) is 7.32. The Labute approximate surface area is 295 Å². The van der Waals surface area contributed by atoms with Gasteiger partial charge < -0.3 is 8.83 Å². The van der Waals surface area contributed by atoms with Gasteiger partial charge in [0.2, 0.25) is 0 Å². The smallest absolute Gasteiger partial charge is 0.164 e. The molecule has 4 heterocycles. The predicted octanol–water partition coefficient (Wildman–Crippen LogP) is 12.7. The average Bonchev–Trinajstić information content (AvgIpc) is 3.88. The predicted molar refractivity (Wildman–Crippen MR) is 209 cm³/mol. The van der Waals surface area contributed by atoms with Crippen molar-refractivity contribution >= 4 is 75.4 Å². The van der Waals surface area contributed by atoms with Gasteiger partial charge in [0.05, 0.1) is 0 Å². The van der Waals surface area contributed by atoms with Crippen molar-refractivity contribution in [3.8, 4) is 45.3 Å². The number of hydrogen-bond donors (Lipinski definition) is 0. The summed E-state index contributed by atoms with van der Waals surface area (Å²) in [6.07, 6.45) is 0. The average molecular weight is 672 g/mol. The van der Waals surface area contributed by atoms with Gasteiger partial charge in [0.15, 0.2) is 17.5 Å². The topological polar surface area (TPSA) is 65.0 Å². The normalized spacial score (nSPS) is 11.9. The molecule has 0 bridgehead atoms. The van der Waals surface area contributed by atoms with Crippen molar-refractivity contribution in [2.75, 3.05) is 0 Å². The van der Waals surface area contributed by atoms with Gasteiger partial charge in [-0.05, 0) is 77.9 Å². The van der Waals surface area contributed by atoms with Crippen molar-refractivity contribution in [2.45, 2.75) is 0 Å². The molecule has 238 valence electrons. The van der Waals surface area contributed by atoms with Crippen LogP contribution >= 0.6 is 11.3 Å². The van der Waals surface area contributed by atoms with E-state index in [4.69, 9.17) is 23.8 Å². The third-order valence-electron chi connectivity index (χ3n) is 9.75. The summed E-state index contributed by atoms with van der Waals surface area (Å²) in [7, 11) is 0. The van der Waals surface area contributed by atoms with Crippen LogP contribution in [0, 0.1) is 0 Å². The Kier molecular flexibility index (Phi) is 6.05. The van der Waals surface area contributed by atoms with Gasteiger partial charge in [0.1, 0.15) is 22.3 Å². The summed E-state index contributed by atoms with van der Waals surface area (Å²) in [5, 5.41) is 6.66. The molecule has 0 aliphatic carbocycles. The van der Waals surface area contributed by atoms with E-state index < -0.39 is 0 Å². The minimum absolute atomic E-state index is 0.578. The van der Waals surface area contributed by atoms with E-state index in [9.17, 15) is 0 Å². The molecule has 0 spiro atoms. The number of thiophene rings is 1. The summed E-state index contributed by atoms with van der Waals surface area (Å²) in [6.45, 7) is 0. The fourth-order valence-corrected chi connectivity index (χ4v) is 8.40. The molecule has 5 nitrogen and oxygen atoms in total. The lowest BCUT2D eigenvalue weighted by Gasteiger charge is -2.09. The summed E-state index contributed by atoms with van der Waals surface area (Å²) < 4.78 is 15.1. The molecule has 11 aromatic rings. The second-order valence-corrected chi connectivity index (χ2v) is 13.9. The van der Waals surface area contributed by atoms with Gasteiger partial charge in [-0.3, -0.25) is 0 Å². The van der Waals surface area contributed by atoms with E-state index in [1.54, 1.807) is 11.3 Å². The van der Waals surface area contributed by atoms with Gasteiger partial charge in [-0.25, -0.2) is 15.0 Å². The molecular formula is C45H25N3O2S. The van der Waals surface area contributed by atoms with Gasteiger partial charge in [0.25, 0.3) is 0 Å². The van der Waals surface area contributed by atoms with E-state index in [1.165, 1.54) is 20.2 Å².